The van der Waals surface area contributed by atoms with Gasteiger partial charge in [-0.3, -0.25) is 4.79 Å². The summed E-state index contributed by atoms with van der Waals surface area (Å²) in [6.07, 6.45) is 0.763. The Labute approximate surface area is 127 Å². The molecule has 102 valence electrons. The fraction of sp³-hybridized carbons (Fsp3) is 0.188. The number of carbonyl (C=O) groups is 1. The van der Waals surface area contributed by atoms with Crippen LogP contribution in [0.4, 0.5) is 5.69 Å². The van der Waals surface area contributed by atoms with Crippen LogP contribution in [0.3, 0.4) is 0 Å². The van der Waals surface area contributed by atoms with E-state index in [1.165, 1.54) is 0 Å². The normalized spacial score (nSPS) is 17.2. The van der Waals surface area contributed by atoms with Gasteiger partial charge in [-0.15, -0.1) is 0 Å². The van der Waals surface area contributed by atoms with Crippen molar-refractivity contribution in [3.63, 3.8) is 0 Å². The maximum absolute atomic E-state index is 12.8. The van der Waals surface area contributed by atoms with Gasteiger partial charge in [0.25, 0.3) is 0 Å². The van der Waals surface area contributed by atoms with E-state index >= 15 is 0 Å². The minimum atomic E-state index is -0.164. The summed E-state index contributed by atoms with van der Waals surface area (Å²) in [7, 11) is 0. The number of fused-ring (bicyclic) bond motifs is 1. The van der Waals surface area contributed by atoms with Crippen molar-refractivity contribution in [2.24, 2.45) is 0 Å². The van der Waals surface area contributed by atoms with E-state index in [9.17, 15) is 4.79 Å². The van der Waals surface area contributed by atoms with E-state index in [0.717, 1.165) is 24.2 Å². The van der Waals surface area contributed by atoms with Gasteiger partial charge in [-0.05, 0) is 36.2 Å². The summed E-state index contributed by atoms with van der Waals surface area (Å²) >= 11 is 12.1. The van der Waals surface area contributed by atoms with Crippen molar-refractivity contribution in [2.75, 3.05) is 11.9 Å². The second-order valence-electron chi connectivity index (χ2n) is 4.84. The quantitative estimate of drug-likeness (QED) is 0.809. The summed E-state index contributed by atoms with van der Waals surface area (Å²) in [4.78, 5) is 12.8. The van der Waals surface area contributed by atoms with Gasteiger partial charge in [0.05, 0.1) is 10.9 Å². The van der Waals surface area contributed by atoms with Crippen LogP contribution in [0.2, 0.25) is 10.0 Å². The van der Waals surface area contributed by atoms with Crippen molar-refractivity contribution < 1.29 is 4.79 Å². The van der Waals surface area contributed by atoms with Crippen molar-refractivity contribution in [3.05, 3.63) is 63.6 Å². The first-order chi connectivity index (χ1) is 9.66. The Morgan fingerprint density at radius 1 is 1.15 bits per heavy atom. The third kappa shape index (κ3) is 2.41. The largest absolute Gasteiger partial charge is 0.385 e. The summed E-state index contributed by atoms with van der Waals surface area (Å²) in [5.41, 5.74) is 2.55. The average molecular weight is 306 g/mol. The zero-order valence-electron chi connectivity index (χ0n) is 10.7. The lowest BCUT2D eigenvalue weighted by atomic mass is 9.85. The van der Waals surface area contributed by atoms with Crippen molar-refractivity contribution in [1.29, 1.82) is 0 Å². The molecule has 2 nitrogen and oxygen atoms in total. The van der Waals surface area contributed by atoms with Crippen LogP contribution in [0.25, 0.3) is 0 Å². The molecule has 0 spiro atoms. The lowest BCUT2D eigenvalue weighted by Gasteiger charge is -2.26. The van der Waals surface area contributed by atoms with Crippen molar-refractivity contribution >= 4 is 34.7 Å². The third-order valence-electron chi connectivity index (χ3n) is 3.60. The van der Waals surface area contributed by atoms with Crippen LogP contribution in [0.15, 0.2) is 42.5 Å². The Hall–Kier alpha value is -1.51. The molecule has 2 aromatic carbocycles. The predicted octanol–water partition coefficient (Wildman–Crippen LogP) is 4.78. The van der Waals surface area contributed by atoms with Crippen LogP contribution in [0.1, 0.15) is 28.3 Å². The molecule has 1 aliphatic heterocycles. The molecule has 2 aromatic rings. The van der Waals surface area contributed by atoms with Gasteiger partial charge in [0.15, 0.2) is 5.78 Å². The fourth-order valence-electron chi connectivity index (χ4n) is 2.61. The molecule has 0 saturated carbocycles. The average Bonchev–Trinajstić information content (AvgIpc) is 2.48. The molecule has 1 heterocycles. The van der Waals surface area contributed by atoms with Crippen molar-refractivity contribution in [1.82, 2.24) is 0 Å². The number of rotatable bonds is 2. The maximum Gasteiger partial charge on any atom is 0.172 e. The molecule has 0 radical (unpaired) electrons. The number of halogens is 2. The molecule has 3 rings (SSSR count). The number of ketones is 1. The summed E-state index contributed by atoms with van der Waals surface area (Å²) in [6, 6.07) is 12.9. The van der Waals surface area contributed by atoms with Crippen LogP contribution in [0.5, 0.6) is 0 Å². The number of hydrogen-bond donors (Lipinski definition) is 1. The highest BCUT2D eigenvalue weighted by molar-refractivity contribution is 6.36. The van der Waals surface area contributed by atoms with Crippen LogP contribution < -0.4 is 5.32 Å². The van der Waals surface area contributed by atoms with Crippen LogP contribution in [0, 0.1) is 0 Å². The molecular formula is C16H13Cl2NO. The zero-order valence-corrected chi connectivity index (χ0v) is 12.2. The first kappa shape index (κ1) is 13.5. The van der Waals surface area contributed by atoms with Gasteiger partial charge in [0, 0.05) is 22.8 Å². The van der Waals surface area contributed by atoms with Gasteiger partial charge in [-0.1, -0.05) is 41.4 Å². The Kier molecular flexibility index (Phi) is 3.68. The SMILES string of the molecule is O=C(c1cc(Cl)ccc1Cl)C1CCNc2ccccc21. The van der Waals surface area contributed by atoms with E-state index in [0.29, 0.717) is 15.6 Å². The van der Waals surface area contributed by atoms with Gasteiger partial charge < -0.3 is 5.32 Å². The van der Waals surface area contributed by atoms with E-state index in [1.54, 1.807) is 18.2 Å². The minimum absolute atomic E-state index is 0.0338. The van der Waals surface area contributed by atoms with E-state index in [1.807, 2.05) is 24.3 Å². The first-order valence-corrected chi connectivity index (χ1v) is 7.24. The third-order valence-corrected chi connectivity index (χ3v) is 4.16. The molecule has 1 aliphatic rings. The van der Waals surface area contributed by atoms with Gasteiger partial charge in [0.2, 0.25) is 0 Å². The molecule has 0 fully saturated rings. The maximum atomic E-state index is 12.8. The Balaban J connectivity index is 2.02. The summed E-state index contributed by atoms with van der Waals surface area (Å²) in [5.74, 6) is -0.130. The topological polar surface area (TPSA) is 29.1 Å². The smallest absolute Gasteiger partial charge is 0.172 e. The molecule has 0 aromatic heterocycles. The lowest BCUT2D eigenvalue weighted by molar-refractivity contribution is 0.0955. The van der Waals surface area contributed by atoms with Crippen LogP contribution in [-0.2, 0) is 0 Å². The second-order valence-corrected chi connectivity index (χ2v) is 5.69. The lowest BCUT2D eigenvalue weighted by Crippen LogP contribution is -2.23. The number of para-hydroxylation sites is 1. The monoisotopic (exact) mass is 305 g/mol. The molecular weight excluding hydrogens is 293 g/mol. The molecule has 0 amide bonds. The Bertz CT molecular complexity index is 669. The molecule has 0 bridgehead atoms. The second kappa shape index (κ2) is 5.47. The summed E-state index contributed by atoms with van der Waals surface area (Å²) in [5, 5.41) is 4.30. The highest BCUT2D eigenvalue weighted by atomic mass is 35.5. The van der Waals surface area contributed by atoms with Gasteiger partial charge in [-0.2, -0.15) is 0 Å². The number of Topliss-reactive ketones (excluding diaryl/α,β-unsaturated/α-hetero) is 1. The fourth-order valence-corrected chi connectivity index (χ4v) is 3.00. The highest BCUT2D eigenvalue weighted by Gasteiger charge is 2.28. The van der Waals surface area contributed by atoms with Gasteiger partial charge >= 0.3 is 0 Å². The highest BCUT2D eigenvalue weighted by Crippen LogP contribution is 2.35. The number of benzene rings is 2. The van der Waals surface area contributed by atoms with Crippen molar-refractivity contribution in [3.8, 4) is 0 Å². The Morgan fingerprint density at radius 3 is 2.80 bits per heavy atom. The number of nitrogens with one attached hydrogen (secondary N) is 1. The number of anilines is 1. The molecule has 20 heavy (non-hydrogen) atoms. The zero-order chi connectivity index (χ0) is 14.1. The van der Waals surface area contributed by atoms with E-state index in [2.05, 4.69) is 5.32 Å². The molecule has 1 atom stereocenters. The number of hydrogen-bond acceptors (Lipinski definition) is 2. The van der Waals surface area contributed by atoms with Crippen LogP contribution in [-0.4, -0.2) is 12.3 Å². The van der Waals surface area contributed by atoms with E-state index < -0.39 is 0 Å². The number of carbonyl (C=O) groups excluding carboxylic acids is 1. The summed E-state index contributed by atoms with van der Waals surface area (Å²) in [6.45, 7) is 0.783. The van der Waals surface area contributed by atoms with Crippen LogP contribution >= 0.6 is 23.2 Å². The Morgan fingerprint density at radius 2 is 1.95 bits per heavy atom. The molecule has 4 heteroatoms. The van der Waals surface area contributed by atoms with E-state index in [4.69, 9.17) is 23.2 Å². The molecule has 1 N–H and O–H groups in total. The molecule has 0 saturated heterocycles. The van der Waals surface area contributed by atoms with Crippen molar-refractivity contribution in [2.45, 2.75) is 12.3 Å². The van der Waals surface area contributed by atoms with Gasteiger partial charge in [-0.25, -0.2) is 0 Å². The first-order valence-electron chi connectivity index (χ1n) is 6.49. The van der Waals surface area contributed by atoms with Gasteiger partial charge in [0.1, 0.15) is 0 Å². The summed E-state index contributed by atoms with van der Waals surface area (Å²) < 4.78 is 0. The standard InChI is InChI=1S/C16H13Cl2NO/c17-10-5-6-14(18)13(9-10)16(20)12-7-8-19-15-4-2-1-3-11(12)15/h1-6,9,12,19H,7-8H2. The molecule has 0 aliphatic carbocycles. The molecule has 1 unspecified atom stereocenters. The predicted molar refractivity (Wildman–Crippen MR) is 83.1 cm³/mol. The minimum Gasteiger partial charge on any atom is -0.385 e. The van der Waals surface area contributed by atoms with E-state index in [-0.39, 0.29) is 11.7 Å².